The minimum Gasteiger partial charge on any atom is -0.496 e. The van der Waals surface area contributed by atoms with E-state index >= 15 is 0 Å². The lowest BCUT2D eigenvalue weighted by Gasteiger charge is -2.36. The van der Waals surface area contributed by atoms with Gasteiger partial charge in [-0.25, -0.2) is 4.79 Å². The minimum atomic E-state index is -5.11. The molecule has 0 spiro atoms. The lowest BCUT2D eigenvalue weighted by molar-refractivity contribution is -0.143. The van der Waals surface area contributed by atoms with E-state index in [0.29, 0.717) is 42.5 Å². The van der Waals surface area contributed by atoms with Crippen molar-refractivity contribution in [1.82, 2.24) is 4.90 Å². The summed E-state index contributed by atoms with van der Waals surface area (Å²) in [7, 11) is 2.41. The highest BCUT2D eigenvalue weighted by molar-refractivity contribution is 6.03. The normalized spacial score (nSPS) is 20.2. The second-order valence-electron chi connectivity index (χ2n) is 13.4. The smallest absolute Gasteiger partial charge is 0.418 e. The van der Waals surface area contributed by atoms with Crippen LogP contribution in [-0.4, -0.2) is 43.6 Å². The van der Waals surface area contributed by atoms with Gasteiger partial charge in [0.15, 0.2) is 0 Å². The second kappa shape index (κ2) is 13.1. The van der Waals surface area contributed by atoms with Crippen LogP contribution in [0.3, 0.4) is 0 Å². The van der Waals surface area contributed by atoms with Gasteiger partial charge in [-0.15, -0.1) is 0 Å². The third kappa shape index (κ3) is 7.95. The highest BCUT2D eigenvalue weighted by Crippen LogP contribution is 2.49. The summed E-state index contributed by atoms with van der Waals surface area (Å²) in [6.07, 6.45) is -16.3. The van der Waals surface area contributed by atoms with Crippen LogP contribution in [0.25, 0.3) is 5.57 Å². The summed E-state index contributed by atoms with van der Waals surface area (Å²) < 4.78 is 135. The fourth-order valence-electron chi connectivity index (χ4n) is 6.32. The van der Waals surface area contributed by atoms with E-state index in [0.717, 1.165) is 11.0 Å². The summed E-state index contributed by atoms with van der Waals surface area (Å²) in [6.45, 7) is 8.07. The molecule has 0 aromatic heterocycles. The van der Waals surface area contributed by atoms with E-state index in [2.05, 4.69) is 0 Å². The van der Waals surface area contributed by atoms with Gasteiger partial charge in [-0.3, -0.25) is 9.69 Å². The van der Waals surface area contributed by atoms with Crippen LogP contribution >= 0.6 is 0 Å². The Morgan fingerprint density at radius 1 is 0.959 bits per heavy atom. The van der Waals surface area contributed by atoms with Gasteiger partial charge in [0.1, 0.15) is 11.9 Å². The summed E-state index contributed by atoms with van der Waals surface area (Å²) in [5.41, 5.74) is -4.13. The Morgan fingerprint density at radius 2 is 1.53 bits per heavy atom. The molecule has 1 saturated heterocycles. The lowest BCUT2D eigenvalue weighted by Crippen LogP contribution is -2.36. The molecule has 2 aliphatic rings. The SMILES string of the molecule is COc1cc(C(F)(F)F)c(N(C)C(=O)[C](C)C)cc1C1=C(CN2C(=O)O[C@H](c3cc(C(F)(F)F)cc(C(F)(F)F)c3)[C@@H]2C)CC(C)(C)CC1. The highest BCUT2D eigenvalue weighted by atomic mass is 19.4. The van der Waals surface area contributed by atoms with Crippen molar-refractivity contribution in [2.45, 2.75) is 84.6 Å². The van der Waals surface area contributed by atoms with Crippen LogP contribution in [-0.2, 0) is 28.1 Å². The molecule has 1 aliphatic carbocycles. The number of rotatable bonds is 7. The molecule has 2 atom stereocenters. The van der Waals surface area contributed by atoms with Crippen molar-refractivity contribution in [1.29, 1.82) is 0 Å². The number of hydrogen-bond acceptors (Lipinski definition) is 4. The molecule has 6 nitrogen and oxygen atoms in total. The first kappa shape index (κ1) is 37.9. The van der Waals surface area contributed by atoms with E-state index in [-0.39, 0.29) is 35.3 Å². The molecule has 1 radical (unpaired) electrons. The van der Waals surface area contributed by atoms with Crippen molar-refractivity contribution in [2.24, 2.45) is 5.41 Å². The Hall–Kier alpha value is -3.91. The van der Waals surface area contributed by atoms with Crippen molar-refractivity contribution < 1.29 is 58.6 Å². The first-order valence-electron chi connectivity index (χ1n) is 15.2. The average molecular weight is 708 g/mol. The summed E-state index contributed by atoms with van der Waals surface area (Å²) in [6, 6.07) is 2.00. The van der Waals surface area contributed by atoms with Crippen LogP contribution < -0.4 is 9.64 Å². The Kier molecular flexibility index (Phi) is 10.1. The predicted molar refractivity (Wildman–Crippen MR) is 162 cm³/mol. The van der Waals surface area contributed by atoms with Gasteiger partial charge in [0.05, 0.1) is 41.4 Å². The number of halogens is 9. The number of amides is 2. The van der Waals surface area contributed by atoms with Crippen molar-refractivity contribution in [2.75, 3.05) is 25.6 Å². The van der Waals surface area contributed by atoms with Gasteiger partial charge in [0, 0.05) is 19.2 Å². The summed E-state index contributed by atoms with van der Waals surface area (Å²) in [5.74, 6) is -0.546. The fraction of sp³-hybridized carbons (Fsp3) is 0.500. The number of alkyl halides is 9. The topological polar surface area (TPSA) is 59.1 Å². The van der Waals surface area contributed by atoms with Gasteiger partial charge in [-0.2, -0.15) is 39.5 Å². The van der Waals surface area contributed by atoms with E-state index < -0.39 is 70.6 Å². The third-order valence-electron chi connectivity index (χ3n) is 8.90. The quantitative estimate of drug-likeness (QED) is 0.269. The van der Waals surface area contributed by atoms with Crippen LogP contribution in [0.15, 0.2) is 35.9 Å². The molecule has 15 heteroatoms. The van der Waals surface area contributed by atoms with Gasteiger partial charge >= 0.3 is 24.6 Å². The van der Waals surface area contributed by atoms with Crippen molar-refractivity contribution in [3.63, 3.8) is 0 Å². The highest BCUT2D eigenvalue weighted by Gasteiger charge is 2.45. The van der Waals surface area contributed by atoms with Crippen LogP contribution in [0.4, 0.5) is 50.0 Å². The molecule has 0 saturated carbocycles. The van der Waals surface area contributed by atoms with Crippen molar-refractivity contribution >= 4 is 23.3 Å². The molecule has 2 amide bonds. The van der Waals surface area contributed by atoms with E-state index in [9.17, 15) is 49.1 Å². The maximum absolute atomic E-state index is 14.3. The molecular weight excluding hydrogens is 671 g/mol. The third-order valence-corrected chi connectivity index (χ3v) is 8.90. The van der Waals surface area contributed by atoms with Crippen LogP contribution in [0.1, 0.15) is 87.8 Å². The largest absolute Gasteiger partial charge is 0.496 e. The second-order valence-corrected chi connectivity index (χ2v) is 13.4. The number of anilines is 1. The molecular formula is C34H36F9N2O4. The number of methoxy groups -OCH3 is 1. The first-order chi connectivity index (χ1) is 22.4. The summed E-state index contributed by atoms with van der Waals surface area (Å²) in [4.78, 5) is 28.1. The lowest BCUT2D eigenvalue weighted by atomic mass is 9.72. The molecule has 1 aliphatic heterocycles. The van der Waals surface area contributed by atoms with E-state index in [4.69, 9.17) is 9.47 Å². The van der Waals surface area contributed by atoms with E-state index in [1.165, 1.54) is 45.9 Å². The number of cyclic esters (lactones) is 1. The molecule has 2 aromatic carbocycles. The number of allylic oxidation sites excluding steroid dienone is 1. The Balaban J connectivity index is 1.84. The zero-order valence-corrected chi connectivity index (χ0v) is 27.8. The number of hydrogen-bond donors (Lipinski definition) is 0. The predicted octanol–water partition coefficient (Wildman–Crippen LogP) is 9.87. The zero-order chi connectivity index (χ0) is 37.0. The van der Waals surface area contributed by atoms with E-state index in [1.807, 2.05) is 13.8 Å². The molecule has 4 rings (SSSR count). The molecule has 49 heavy (non-hydrogen) atoms. The van der Waals surface area contributed by atoms with Gasteiger partial charge in [-0.05, 0) is 92.5 Å². The van der Waals surface area contributed by atoms with Gasteiger partial charge in [-0.1, -0.05) is 13.8 Å². The molecule has 269 valence electrons. The van der Waals surface area contributed by atoms with Crippen molar-refractivity contribution in [3.05, 3.63) is 69.6 Å². The maximum Gasteiger partial charge on any atom is 0.418 e. The van der Waals surface area contributed by atoms with Crippen LogP contribution in [0.2, 0.25) is 0 Å². The number of nitrogens with zero attached hydrogens (tertiary/aromatic N) is 2. The standard InChI is InChI=1S/C34H36F9N2O4/c1-17(2)29(46)44(6)26-13-24(27(48-7)14-25(26)34(41,42)43)23-8-9-31(4,5)15-20(23)16-45-18(3)28(49-30(45)47)19-10-21(32(35,36)37)12-22(11-19)33(38,39)40/h10-14,18,28H,8-9,15-16H2,1-7H3/t18-,28-/m0/s1. The number of carbonyl (C=O) groups excluding carboxylic acids is 2. The molecule has 0 unspecified atom stereocenters. The maximum atomic E-state index is 14.3. The Bertz CT molecular complexity index is 1610. The number of ether oxygens (including phenoxy) is 2. The molecule has 1 heterocycles. The molecule has 2 aromatic rings. The van der Waals surface area contributed by atoms with Gasteiger partial charge < -0.3 is 14.4 Å². The van der Waals surface area contributed by atoms with E-state index in [1.54, 1.807) is 0 Å². The summed E-state index contributed by atoms with van der Waals surface area (Å²) in [5, 5.41) is 0. The summed E-state index contributed by atoms with van der Waals surface area (Å²) >= 11 is 0. The van der Waals surface area contributed by atoms with Crippen LogP contribution in [0.5, 0.6) is 5.75 Å². The van der Waals surface area contributed by atoms with Gasteiger partial charge in [0.25, 0.3) is 0 Å². The monoisotopic (exact) mass is 707 g/mol. The fourth-order valence-corrected chi connectivity index (χ4v) is 6.32. The zero-order valence-electron chi connectivity index (χ0n) is 27.8. The minimum absolute atomic E-state index is 0.0134. The molecule has 1 fully saturated rings. The number of carbonyl (C=O) groups is 2. The molecule has 0 bridgehead atoms. The average Bonchev–Trinajstić information content (AvgIpc) is 3.26. The van der Waals surface area contributed by atoms with Crippen LogP contribution in [0, 0.1) is 11.3 Å². The number of benzene rings is 2. The first-order valence-corrected chi connectivity index (χ1v) is 15.2. The molecule has 0 N–H and O–H groups in total. The Morgan fingerprint density at radius 3 is 2.02 bits per heavy atom. The van der Waals surface area contributed by atoms with Crippen molar-refractivity contribution in [3.8, 4) is 5.75 Å². The van der Waals surface area contributed by atoms with Gasteiger partial charge in [0.2, 0.25) is 5.91 Å². The Labute approximate surface area is 277 Å².